The minimum absolute atomic E-state index is 0.159. The number of nitrogens with one attached hydrogen (secondary N) is 2. The van der Waals surface area contributed by atoms with Gasteiger partial charge in [0.15, 0.2) is 0 Å². The maximum atomic E-state index is 11.9. The largest absolute Gasteiger partial charge is 0.352 e. The average Bonchev–Trinajstić information content (AvgIpc) is 3.00. The fourth-order valence-corrected chi connectivity index (χ4v) is 1.87. The molecular weight excluding hydrogens is 218 g/mol. The van der Waals surface area contributed by atoms with Gasteiger partial charge in [0, 0.05) is 6.04 Å². The van der Waals surface area contributed by atoms with Crippen molar-refractivity contribution in [2.24, 2.45) is 5.41 Å². The molecule has 0 aromatic heterocycles. The lowest BCUT2D eigenvalue weighted by molar-refractivity contribution is -0.135. The molecular formula is C12H17N3O2. The van der Waals surface area contributed by atoms with Gasteiger partial charge in [0.1, 0.15) is 11.5 Å². The Balaban J connectivity index is 1.85. The summed E-state index contributed by atoms with van der Waals surface area (Å²) in [6.45, 7) is 1.65. The summed E-state index contributed by atoms with van der Waals surface area (Å²) >= 11 is 0. The molecule has 0 saturated heterocycles. The van der Waals surface area contributed by atoms with E-state index in [4.69, 9.17) is 5.26 Å². The van der Waals surface area contributed by atoms with Gasteiger partial charge in [-0.05, 0) is 39.0 Å². The summed E-state index contributed by atoms with van der Waals surface area (Å²) < 4.78 is 0. The minimum atomic E-state index is -0.881. The van der Waals surface area contributed by atoms with Gasteiger partial charge in [-0.3, -0.25) is 9.59 Å². The van der Waals surface area contributed by atoms with Gasteiger partial charge >= 0.3 is 0 Å². The van der Waals surface area contributed by atoms with Crippen LogP contribution in [-0.2, 0) is 9.59 Å². The van der Waals surface area contributed by atoms with E-state index in [2.05, 4.69) is 16.7 Å². The van der Waals surface area contributed by atoms with Crippen LogP contribution in [0.5, 0.6) is 0 Å². The highest BCUT2D eigenvalue weighted by molar-refractivity contribution is 5.91. The number of rotatable bonds is 4. The van der Waals surface area contributed by atoms with Crippen LogP contribution in [0.3, 0.4) is 0 Å². The molecule has 0 spiro atoms. The van der Waals surface area contributed by atoms with Crippen molar-refractivity contribution < 1.29 is 9.59 Å². The maximum absolute atomic E-state index is 11.9. The lowest BCUT2D eigenvalue weighted by Crippen LogP contribution is -2.52. The van der Waals surface area contributed by atoms with E-state index in [0.29, 0.717) is 12.8 Å². The van der Waals surface area contributed by atoms with Crippen molar-refractivity contribution >= 4 is 11.8 Å². The molecule has 2 aliphatic rings. The van der Waals surface area contributed by atoms with Crippen molar-refractivity contribution in [2.75, 3.05) is 0 Å². The SMILES string of the molecule is CC(NC(=O)C1(C#N)CCC1)C(=O)NC1CC1. The first-order valence-electron chi connectivity index (χ1n) is 6.10. The number of hydrogen-bond acceptors (Lipinski definition) is 3. The van der Waals surface area contributed by atoms with Crippen molar-refractivity contribution in [3.8, 4) is 6.07 Å². The molecule has 5 nitrogen and oxygen atoms in total. The van der Waals surface area contributed by atoms with Gasteiger partial charge in [0.2, 0.25) is 11.8 Å². The van der Waals surface area contributed by atoms with E-state index >= 15 is 0 Å². The zero-order valence-electron chi connectivity index (χ0n) is 9.95. The standard InChI is InChI=1S/C12H17N3O2/c1-8(10(16)15-9-3-4-9)14-11(17)12(7-13)5-2-6-12/h8-9H,2-6H2,1H3,(H,14,17)(H,15,16). The van der Waals surface area contributed by atoms with Crippen LogP contribution < -0.4 is 10.6 Å². The predicted molar refractivity (Wildman–Crippen MR) is 60.7 cm³/mol. The Morgan fingerprint density at radius 1 is 1.41 bits per heavy atom. The molecule has 0 radical (unpaired) electrons. The van der Waals surface area contributed by atoms with Crippen molar-refractivity contribution in [3.63, 3.8) is 0 Å². The third-order valence-electron chi connectivity index (χ3n) is 3.52. The summed E-state index contributed by atoms with van der Waals surface area (Å²) in [5.41, 5.74) is -0.881. The molecule has 2 rings (SSSR count). The summed E-state index contributed by atoms with van der Waals surface area (Å²) in [7, 11) is 0. The Labute approximate surface area is 101 Å². The van der Waals surface area contributed by atoms with Crippen LogP contribution >= 0.6 is 0 Å². The Morgan fingerprint density at radius 2 is 2.06 bits per heavy atom. The highest BCUT2D eigenvalue weighted by Crippen LogP contribution is 2.40. The molecule has 2 N–H and O–H groups in total. The van der Waals surface area contributed by atoms with Gasteiger partial charge in [0.25, 0.3) is 0 Å². The average molecular weight is 235 g/mol. The first-order valence-corrected chi connectivity index (χ1v) is 6.10. The van der Waals surface area contributed by atoms with E-state index < -0.39 is 11.5 Å². The van der Waals surface area contributed by atoms with Crippen LogP contribution in [0.4, 0.5) is 0 Å². The van der Waals surface area contributed by atoms with Crippen molar-refractivity contribution in [3.05, 3.63) is 0 Å². The second-order valence-electron chi connectivity index (χ2n) is 5.03. The molecule has 0 aromatic carbocycles. The highest BCUT2D eigenvalue weighted by atomic mass is 16.2. The van der Waals surface area contributed by atoms with Crippen molar-refractivity contribution in [2.45, 2.75) is 51.1 Å². The number of nitrogens with zero attached hydrogens (tertiary/aromatic N) is 1. The normalized spacial score (nSPS) is 22.8. The van der Waals surface area contributed by atoms with E-state index in [1.165, 1.54) is 0 Å². The summed E-state index contributed by atoms with van der Waals surface area (Å²) in [4.78, 5) is 23.5. The van der Waals surface area contributed by atoms with Crippen molar-refractivity contribution in [1.29, 1.82) is 5.26 Å². The number of amides is 2. The summed E-state index contributed by atoms with van der Waals surface area (Å²) in [5, 5.41) is 14.5. The third-order valence-corrected chi connectivity index (χ3v) is 3.52. The Hall–Kier alpha value is -1.57. The predicted octanol–water partition coefficient (Wildman–Crippen LogP) is 0.464. The lowest BCUT2D eigenvalue weighted by atomic mass is 9.69. The summed E-state index contributed by atoms with van der Waals surface area (Å²) in [6.07, 6.45) is 4.16. The monoisotopic (exact) mass is 235 g/mol. The van der Waals surface area contributed by atoms with Crippen LogP contribution in [0.1, 0.15) is 39.0 Å². The van der Waals surface area contributed by atoms with Crippen molar-refractivity contribution in [1.82, 2.24) is 10.6 Å². The van der Waals surface area contributed by atoms with E-state index in [0.717, 1.165) is 19.3 Å². The second kappa shape index (κ2) is 4.36. The molecule has 2 aliphatic carbocycles. The molecule has 2 fully saturated rings. The Morgan fingerprint density at radius 3 is 2.47 bits per heavy atom. The van der Waals surface area contributed by atoms with Crippen LogP contribution in [0.15, 0.2) is 0 Å². The zero-order chi connectivity index (χ0) is 12.5. The van der Waals surface area contributed by atoms with E-state index in [-0.39, 0.29) is 17.9 Å². The van der Waals surface area contributed by atoms with Crippen LogP contribution in [0.25, 0.3) is 0 Å². The maximum Gasteiger partial charge on any atom is 0.242 e. The topological polar surface area (TPSA) is 82.0 Å². The van der Waals surface area contributed by atoms with Gasteiger partial charge in [-0.2, -0.15) is 5.26 Å². The van der Waals surface area contributed by atoms with Gasteiger partial charge in [0.05, 0.1) is 6.07 Å². The number of nitriles is 1. The smallest absolute Gasteiger partial charge is 0.242 e. The molecule has 92 valence electrons. The molecule has 1 atom stereocenters. The molecule has 17 heavy (non-hydrogen) atoms. The first-order chi connectivity index (χ1) is 8.07. The van der Waals surface area contributed by atoms with Gasteiger partial charge < -0.3 is 10.6 Å². The minimum Gasteiger partial charge on any atom is -0.352 e. The fraction of sp³-hybridized carbons (Fsp3) is 0.750. The number of carbonyl (C=O) groups is 2. The fourth-order valence-electron chi connectivity index (χ4n) is 1.87. The third kappa shape index (κ3) is 2.41. The number of hydrogen-bond donors (Lipinski definition) is 2. The molecule has 2 saturated carbocycles. The molecule has 2 amide bonds. The molecule has 0 aromatic rings. The van der Waals surface area contributed by atoms with Crippen LogP contribution in [-0.4, -0.2) is 23.9 Å². The quantitative estimate of drug-likeness (QED) is 0.742. The van der Waals surface area contributed by atoms with Gasteiger partial charge in [-0.25, -0.2) is 0 Å². The van der Waals surface area contributed by atoms with Crippen LogP contribution in [0.2, 0.25) is 0 Å². The summed E-state index contributed by atoms with van der Waals surface area (Å²) in [5.74, 6) is -0.460. The summed E-state index contributed by atoms with van der Waals surface area (Å²) in [6, 6.07) is 1.79. The van der Waals surface area contributed by atoms with Gasteiger partial charge in [-0.15, -0.1) is 0 Å². The highest BCUT2D eigenvalue weighted by Gasteiger charge is 2.45. The molecule has 1 unspecified atom stereocenters. The molecule has 5 heteroatoms. The molecule has 0 heterocycles. The van der Waals surface area contributed by atoms with Gasteiger partial charge in [-0.1, -0.05) is 0 Å². The first kappa shape index (κ1) is 11.9. The van der Waals surface area contributed by atoms with E-state index in [1.807, 2.05) is 0 Å². The number of carbonyl (C=O) groups excluding carboxylic acids is 2. The Bertz CT molecular complexity index is 378. The van der Waals surface area contributed by atoms with E-state index in [1.54, 1.807) is 6.92 Å². The zero-order valence-corrected chi connectivity index (χ0v) is 9.95. The lowest BCUT2D eigenvalue weighted by Gasteiger charge is -2.34. The molecule has 0 aliphatic heterocycles. The van der Waals surface area contributed by atoms with E-state index in [9.17, 15) is 9.59 Å². The Kier molecular flexibility index (Phi) is 3.05. The molecule has 0 bridgehead atoms. The van der Waals surface area contributed by atoms with Crippen LogP contribution in [0, 0.1) is 16.7 Å². The second-order valence-corrected chi connectivity index (χ2v) is 5.03.